The van der Waals surface area contributed by atoms with Crippen LogP contribution in [0.1, 0.15) is 5.56 Å². The Bertz CT molecular complexity index is 1320. The molecule has 1 amide bonds. The molecule has 0 aliphatic heterocycles. The normalized spacial score (nSPS) is 10.8. The van der Waals surface area contributed by atoms with Crippen LogP contribution in [0.4, 0.5) is 0 Å². The Morgan fingerprint density at radius 2 is 1.55 bits per heavy atom. The molecule has 0 spiro atoms. The zero-order valence-corrected chi connectivity index (χ0v) is 17.9. The summed E-state index contributed by atoms with van der Waals surface area (Å²) in [4.78, 5) is 29.3. The van der Waals surface area contributed by atoms with Gasteiger partial charge in [-0.15, -0.1) is 0 Å². The van der Waals surface area contributed by atoms with Crippen molar-refractivity contribution in [1.29, 1.82) is 0 Å². The first kappa shape index (κ1) is 21.6. The van der Waals surface area contributed by atoms with E-state index in [9.17, 15) is 9.59 Å². The van der Waals surface area contributed by atoms with Gasteiger partial charge >= 0.3 is 5.69 Å². The van der Waals surface area contributed by atoms with Gasteiger partial charge in [0.1, 0.15) is 23.7 Å². The highest BCUT2D eigenvalue weighted by atomic mass is 16.5. The molecule has 3 aromatic carbocycles. The van der Waals surface area contributed by atoms with Gasteiger partial charge in [0, 0.05) is 11.1 Å². The molecule has 0 radical (unpaired) electrons. The fourth-order valence-electron chi connectivity index (χ4n) is 3.15. The van der Waals surface area contributed by atoms with Crippen LogP contribution < -0.4 is 15.9 Å². The first-order chi connectivity index (χ1) is 16.1. The van der Waals surface area contributed by atoms with Crippen LogP contribution in [0.25, 0.3) is 22.5 Å². The maximum Gasteiger partial charge on any atom is 0.365 e. The highest BCUT2D eigenvalue weighted by Gasteiger charge is 2.16. The van der Waals surface area contributed by atoms with E-state index >= 15 is 0 Å². The van der Waals surface area contributed by atoms with Crippen LogP contribution in [-0.4, -0.2) is 34.0 Å². The summed E-state index contributed by atoms with van der Waals surface area (Å²) < 4.78 is 6.14. The van der Waals surface area contributed by atoms with Gasteiger partial charge in [-0.2, -0.15) is 15.2 Å². The topological polar surface area (TPSA) is 98.5 Å². The minimum absolute atomic E-state index is 0.319. The van der Waals surface area contributed by atoms with Crippen molar-refractivity contribution < 1.29 is 9.53 Å². The second-order valence-corrected chi connectivity index (χ2v) is 7.05. The van der Waals surface area contributed by atoms with Gasteiger partial charge in [-0.25, -0.2) is 14.9 Å². The van der Waals surface area contributed by atoms with Crippen LogP contribution in [-0.2, 0) is 11.3 Å². The summed E-state index contributed by atoms with van der Waals surface area (Å²) in [5.41, 5.74) is 5.10. The van der Waals surface area contributed by atoms with Crippen molar-refractivity contribution in [3.63, 3.8) is 0 Å². The first-order valence-electron chi connectivity index (χ1n) is 10.2. The molecule has 1 heterocycles. The fraction of sp³-hybridized carbons (Fsp3) is 0.0800. The fourth-order valence-corrected chi connectivity index (χ4v) is 3.15. The number of methoxy groups -OCH3 is 1. The van der Waals surface area contributed by atoms with Gasteiger partial charge in [0.25, 0.3) is 5.91 Å². The van der Waals surface area contributed by atoms with Crippen LogP contribution in [0.15, 0.2) is 94.8 Å². The van der Waals surface area contributed by atoms with Gasteiger partial charge in [-0.3, -0.25) is 4.79 Å². The molecule has 8 heteroatoms. The lowest BCUT2D eigenvalue weighted by molar-refractivity contribution is -0.121. The van der Waals surface area contributed by atoms with Gasteiger partial charge in [-0.05, 0) is 29.8 Å². The number of aromatic nitrogens is 3. The van der Waals surface area contributed by atoms with Gasteiger partial charge in [0.15, 0.2) is 0 Å². The van der Waals surface area contributed by atoms with Crippen LogP contribution >= 0.6 is 0 Å². The van der Waals surface area contributed by atoms with E-state index in [4.69, 9.17) is 4.74 Å². The highest BCUT2D eigenvalue weighted by molar-refractivity contribution is 5.82. The molecule has 1 N–H and O–H groups in total. The number of nitrogens with zero attached hydrogens (tertiary/aromatic N) is 4. The molecule has 1 aromatic heterocycles. The lowest BCUT2D eigenvalue weighted by atomic mass is 10.0. The molecule has 0 saturated heterocycles. The Balaban J connectivity index is 1.57. The van der Waals surface area contributed by atoms with E-state index in [1.807, 2.05) is 60.7 Å². The van der Waals surface area contributed by atoms with Gasteiger partial charge < -0.3 is 4.74 Å². The zero-order chi connectivity index (χ0) is 23.0. The summed E-state index contributed by atoms with van der Waals surface area (Å²) in [5, 5.41) is 8.40. The predicted molar refractivity (Wildman–Crippen MR) is 126 cm³/mol. The molecule has 0 aliphatic carbocycles. The standard InChI is InChI=1S/C25H21N5O3/c1-33-21-14-12-18(13-15-21)16-26-28-22(31)17-30-25(32)27-23(19-8-4-2-5-9-19)24(29-30)20-10-6-3-7-11-20/h2-16H,17H2,1H3,(H,28,31)/b26-16+. The molecule has 0 unspecified atom stereocenters. The van der Waals surface area contributed by atoms with Crippen molar-refractivity contribution in [2.75, 3.05) is 7.11 Å². The van der Waals surface area contributed by atoms with Crippen LogP contribution in [0.5, 0.6) is 5.75 Å². The minimum atomic E-state index is -0.622. The Kier molecular flexibility index (Phi) is 6.65. The maximum absolute atomic E-state index is 12.6. The lowest BCUT2D eigenvalue weighted by Gasteiger charge is -2.11. The number of rotatable bonds is 7. The number of hydrogen-bond acceptors (Lipinski definition) is 6. The monoisotopic (exact) mass is 439 g/mol. The van der Waals surface area contributed by atoms with Crippen LogP contribution in [0, 0.1) is 0 Å². The summed E-state index contributed by atoms with van der Waals surface area (Å²) >= 11 is 0. The summed E-state index contributed by atoms with van der Waals surface area (Å²) in [6, 6.07) is 25.9. The first-order valence-corrected chi connectivity index (χ1v) is 10.2. The third-order valence-electron chi connectivity index (χ3n) is 4.78. The van der Waals surface area contributed by atoms with Crippen molar-refractivity contribution in [2.45, 2.75) is 6.54 Å². The van der Waals surface area contributed by atoms with Crippen molar-refractivity contribution in [1.82, 2.24) is 20.2 Å². The molecule has 4 aromatic rings. The largest absolute Gasteiger partial charge is 0.497 e. The molecule has 0 aliphatic rings. The van der Waals surface area contributed by atoms with E-state index in [0.717, 1.165) is 27.1 Å². The second-order valence-electron chi connectivity index (χ2n) is 7.05. The van der Waals surface area contributed by atoms with Crippen LogP contribution in [0.3, 0.4) is 0 Å². The number of carbonyl (C=O) groups is 1. The van der Waals surface area contributed by atoms with Crippen molar-refractivity contribution in [3.8, 4) is 28.3 Å². The smallest absolute Gasteiger partial charge is 0.365 e. The quantitative estimate of drug-likeness (QED) is 0.352. The Morgan fingerprint density at radius 3 is 2.15 bits per heavy atom. The molecule has 8 nitrogen and oxygen atoms in total. The number of amides is 1. The van der Waals surface area contributed by atoms with E-state index in [1.165, 1.54) is 6.21 Å². The molecular weight excluding hydrogens is 418 g/mol. The Labute approximate surface area is 190 Å². The minimum Gasteiger partial charge on any atom is -0.497 e. The van der Waals surface area contributed by atoms with Gasteiger partial charge in [-0.1, -0.05) is 60.7 Å². The van der Waals surface area contributed by atoms with E-state index in [0.29, 0.717) is 11.4 Å². The number of carbonyl (C=O) groups excluding carboxylic acids is 1. The average Bonchev–Trinajstić information content (AvgIpc) is 2.86. The molecule has 4 rings (SSSR count). The Hall–Kier alpha value is -4.59. The molecule has 0 atom stereocenters. The SMILES string of the molecule is COc1ccc(/C=N/NC(=O)Cn2nc(-c3ccccc3)c(-c3ccccc3)nc2=O)cc1. The van der Waals surface area contributed by atoms with Crippen LogP contribution in [0.2, 0.25) is 0 Å². The third kappa shape index (κ3) is 5.37. The number of nitrogens with one attached hydrogen (secondary N) is 1. The molecule has 0 bridgehead atoms. The summed E-state index contributed by atoms with van der Waals surface area (Å²) in [6.07, 6.45) is 1.50. The van der Waals surface area contributed by atoms with E-state index in [2.05, 4.69) is 20.6 Å². The van der Waals surface area contributed by atoms with E-state index in [1.54, 1.807) is 31.4 Å². The molecular formula is C25H21N5O3. The Morgan fingerprint density at radius 1 is 0.939 bits per heavy atom. The van der Waals surface area contributed by atoms with E-state index in [-0.39, 0.29) is 6.54 Å². The number of hydrazone groups is 1. The number of hydrogen-bond donors (Lipinski definition) is 1. The maximum atomic E-state index is 12.6. The summed E-state index contributed by atoms with van der Waals surface area (Å²) in [6.45, 7) is -0.319. The predicted octanol–water partition coefficient (Wildman–Crippen LogP) is 3.13. The highest BCUT2D eigenvalue weighted by Crippen LogP contribution is 2.27. The van der Waals surface area contributed by atoms with Crippen molar-refractivity contribution in [2.24, 2.45) is 5.10 Å². The van der Waals surface area contributed by atoms with Gasteiger partial charge in [0.2, 0.25) is 0 Å². The zero-order valence-electron chi connectivity index (χ0n) is 17.9. The molecule has 0 fully saturated rings. The number of ether oxygens (including phenoxy) is 1. The summed E-state index contributed by atoms with van der Waals surface area (Å²) in [5.74, 6) is 0.227. The third-order valence-corrected chi connectivity index (χ3v) is 4.78. The second kappa shape index (κ2) is 10.1. The average molecular weight is 439 g/mol. The molecule has 33 heavy (non-hydrogen) atoms. The van der Waals surface area contributed by atoms with Gasteiger partial charge in [0.05, 0.1) is 13.3 Å². The van der Waals surface area contributed by atoms with Crippen molar-refractivity contribution >= 4 is 12.1 Å². The molecule has 164 valence electrons. The lowest BCUT2D eigenvalue weighted by Crippen LogP contribution is -2.33. The number of benzene rings is 3. The van der Waals surface area contributed by atoms with E-state index < -0.39 is 11.6 Å². The summed E-state index contributed by atoms with van der Waals surface area (Å²) in [7, 11) is 1.59. The van der Waals surface area contributed by atoms with Crippen molar-refractivity contribution in [3.05, 3.63) is 101 Å². The molecule has 0 saturated carbocycles.